The first-order valence-corrected chi connectivity index (χ1v) is 12.4. The van der Waals surface area contributed by atoms with E-state index in [1.807, 2.05) is 0 Å². The number of likely N-dealkylation sites (tertiary alicyclic amines) is 1. The van der Waals surface area contributed by atoms with E-state index in [2.05, 4.69) is 10.0 Å². The number of hydrogen-bond acceptors (Lipinski definition) is 4. The maximum Gasteiger partial charge on any atom is 0.417 e. The van der Waals surface area contributed by atoms with Crippen LogP contribution in [0.25, 0.3) is 11.1 Å². The number of hydrogen-bond donors (Lipinski definition) is 2. The van der Waals surface area contributed by atoms with E-state index in [0.717, 1.165) is 25.1 Å². The summed E-state index contributed by atoms with van der Waals surface area (Å²) in [5, 5.41) is 3.15. The molecule has 2 saturated heterocycles. The van der Waals surface area contributed by atoms with Crippen molar-refractivity contribution in [2.75, 3.05) is 26.2 Å². The fourth-order valence-corrected chi connectivity index (χ4v) is 5.93. The van der Waals surface area contributed by atoms with Gasteiger partial charge in [0, 0.05) is 25.7 Å². The van der Waals surface area contributed by atoms with E-state index >= 15 is 0 Å². The predicted octanol–water partition coefficient (Wildman–Crippen LogP) is 3.25. The molecule has 0 aliphatic carbocycles. The Morgan fingerprint density at radius 3 is 2.30 bits per heavy atom. The molecule has 0 saturated carbocycles. The lowest BCUT2D eigenvalue weighted by molar-refractivity contribution is -0.140. The van der Waals surface area contributed by atoms with Gasteiger partial charge in [0.1, 0.15) is 0 Å². The number of nitrogens with one attached hydrogen (secondary N) is 2. The smallest absolute Gasteiger partial charge is 0.342 e. The molecule has 1 amide bonds. The normalized spacial score (nSPS) is 20.2. The molecule has 2 N–H and O–H groups in total. The van der Waals surface area contributed by atoms with Crippen LogP contribution in [0, 0.1) is 5.92 Å². The van der Waals surface area contributed by atoms with Gasteiger partial charge in [-0.25, -0.2) is 13.1 Å². The zero-order valence-corrected chi connectivity index (χ0v) is 18.8. The van der Waals surface area contributed by atoms with E-state index in [-0.39, 0.29) is 17.4 Å². The van der Waals surface area contributed by atoms with Crippen molar-refractivity contribution in [2.45, 2.75) is 36.4 Å². The first-order chi connectivity index (χ1) is 15.6. The molecule has 0 radical (unpaired) electrons. The second-order valence-corrected chi connectivity index (χ2v) is 10.2. The van der Waals surface area contributed by atoms with Crippen molar-refractivity contribution in [1.29, 1.82) is 0 Å². The van der Waals surface area contributed by atoms with Crippen LogP contribution in [-0.4, -0.2) is 51.4 Å². The summed E-state index contributed by atoms with van der Waals surface area (Å²) in [5.41, 5.74) is -0.345. The minimum Gasteiger partial charge on any atom is -0.342 e. The second kappa shape index (κ2) is 9.44. The molecule has 2 heterocycles. The van der Waals surface area contributed by atoms with Crippen molar-refractivity contribution in [3.8, 4) is 11.1 Å². The topological polar surface area (TPSA) is 78.5 Å². The third-order valence-electron chi connectivity index (χ3n) is 6.22. The van der Waals surface area contributed by atoms with Crippen LogP contribution < -0.4 is 10.0 Å². The number of benzene rings is 2. The number of piperidine rings is 1. The lowest BCUT2D eigenvalue weighted by Gasteiger charge is -2.33. The van der Waals surface area contributed by atoms with Gasteiger partial charge in [-0.1, -0.05) is 36.4 Å². The van der Waals surface area contributed by atoms with Crippen LogP contribution in [0.3, 0.4) is 0 Å². The molecule has 33 heavy (non-hydrogen) atoms. The Morgan fingerprint density at radius 2 is 1.70 bits per heavy atom. The average molecular weight is 482 g/mol. The average Bonchev–Trinajstić information content (AvgIpc) is 3.33. The van der Waals surface area contributed by atoms with Gasteiger partial charge in [0.2, 0.25) is 15.9 Å². The van der Waals surface area contributed by atoms with Crippen LogP contribution in [0.15, 0.2) is 53.4 Å². The SMILES string of the molecule is O=C(C1CCNC1)N1CCC(NS(=O)(=O)c2ccc(-c3ccccc3)cc2C(F)(F)F)CC1. The number of carbonyl (C=O) groups excluding carboxylic acids is 1. The molecule has 2 aliphatic rings. The second-order valence-electron chi connectivity index (χ2n) is 8.49. The number of rotatable bonds is 5. The minimum absolute atomic E-state index is 0.0529. The fourth-order valence-electron chi connectivity index (χ4n) is 4.42. The third-order valence-corrected chi connectivity index (χ3v) is 7.80. The van der Waals surface area contributed by atoms with Crippen molar-refractivity contribution < 1.29 is 26.4 Å². The highest BCUT2D eigenvalue weighted by Crippen LogP contribution is 2.37. The van der Waals surface area contributed by atoms with Gasteiger partial charge in [-0.05, 0) is 49.1 Å². The number of sulfonamides is 1. The van der Waals surface area contributed by atoms with Crippen molar-refractivity contribution in [3.63, 3.8) is 0 Å². The molecule has 10 heteroatoms. The van der Waals surface area contributed by atoms with E-state index in [1.165, 1.54) is 6.07 Å². The van der Waals surface area contributed by atoms with Gasteiger partial charge in [0.05, 0.1) is 16.4 Å². The van der Waals surface area contributed by atoms with Crippen molar-refractivity contribution in [1.82, 2.24) is 14.9 Å². The minimum atomic E-state index is -4.83. The summed E-state index contributed by atoms with van der Waals surface area (Å²) in [6.45, 7) is 2.20. The standard InChI is InChI=1S/C23H26F3N3O3S/c24-23(25,26)20-14-17(16-4-2-1-3-5-16)6-7-21(20)33(31,32)28-19-9-12-29(13-10-19)22(30)18-8-11-27-15-18/h1-7,14,18-19,27-28H,8-13,15H2. The highest BCUT2D eigenvalue weighted by molar-refractivity contribution is 7.89. The number of amides is 1. The molecular formula is C23H26F3N3O3S. The number of carbonyl (C=O) groups is 1. The number of halogens is 3. The summed E-state index contributed by atoms with van der Waals surface area (Å²) in [6, 6.07) is 11.2. The number of nitrogens with zero attached hydrogens (tertiary/aromatic N) is 1. The van der Waals surface area contributed by atoms with Gasteiger partial charge < -0.3 is 10.2 Å². The lowest BCUT2D eigenvalue weighted by atomic mass is 10.0. The van der Waals surface area contributed by atoms with Gasteiger partial charge in [-0.2, -0.15) is 13.2 Å². The molecule has 2 aromatic carbocycles. The monoisotopic (exact) mass is 481 g/mol. The van der Waals surface area contributed by atoms with Crippen molar-refractivity contribution >= 4 is 15.9 Å². The largest absolute Gasteiger partial charge is 0.417 e. The third kappa shape index (κ3) is 5.39. The zero-order chi connectivity index (χ0) is 23.6. The molecule has 2 fully saturated rings. The van der Waals surface area contributed by atoms with E-state index in [0.29, 0.717) is 38.0 Å². The van der Waals surface area contributed by atoms with Crippen LogP contribution in [0.2, 0.25) is 0 Å². The number of alkyl halides is 3. The molecule has 178 valence electrons. The molecule has 2 aliphatic heterocycles. The van der Waals surface area contributed by atoms with Gasteiger partial charge in [0.25, 0.3) is 0 Å². The molecule has 1 unspecified atom stereocenters. The maximum absolute atomic E-state index is 13.8. The van der Waals surface area contributed by atoms with Crippen LogP contribution in [0.1, 0.15) is 24.8 Å². The molecule has 4 rings (SSSR count). The Kier molecular flexibility index (Phi) is 6.78. The van der Waals surface area contributed by atoms with Crippen LogP contribution in [0.5, 0.6) is 0 Å². The lowest BCUT2D eigenvalue weighted by Crippen LogP contribution is -2.48. The first-order valence-electron chi connectivity index (χ1n) is 10.9. The van der Waals surface area contributed by atoms with Gasteiger partial charge >= 0.3 is 6.18 Å². The van der Waals surface area contributed by atoms with Crippen LogP contribution in [-0.2, 0) is 21.0 Å². The van der Waals surface area contributed by atoms with Gasteiger partial charge in [-0.3, -0.25) is 4.79 Å². The molecule has 6 nitrogen and oxygen atoms in total. The Bertz CT molecular complexity index is 1090. The van der Waals surface area contributed by atoms with E-state index in [1.54, 1.807) is 35.2 Å². The maximum atomic E-state index is 13.8. The van der Waals surface area contributed by atoms with E-state index in [4.69, 9.17) is 0 Å². The van der Waals surface area contributed by atoms with E-state index < -0.39 is 32.7 Å². The Balaban J connectivity index is 1.49. The fraction of sp³-hybridized carbons (Fsp3) is 0.435. The summed E-state index contributed by atoms with van der Waals surface area (Å²) in [4.78, 5) is 13.5. The summed E-state index contributed by atoms with van der Waals surface area (Å²) in [7, 11) is -4.41. The zero-order valence-electron chi connectivity index (χ0n) is 17.9. The molecule has 2 aromatic rings. The molecule has 0 bridgehead atoms. The van der Waals surface area contributed by atoms with E-state index in [9.17, 15) is 26.4 Å². The Hall–Kier alpha value is -2.43. The molecule has 0 spiro atoms. The van der Waals surface area contributed by atoms with Crippen molar-refractivity contribution in [3.05, 3.63) is 54.1 Å². The summed E-state index contributed by atoms with van der Waals surface area (Å²) in [5.74, 6) is -0.00659. The van der Waals surface area contributed by atoms with Crippen LogP contribution in [0.4, 0.5) is 13.2 Å². The summed E-state index contributed by atoms with van der Waals surface area (Å²) < 4.78 is 69.7. The Morgan fingerprint density at radius 1 is 1.00 bits per heavy atom. The van der Waals surface area contributed by atoms with Gasteiger partial charge in [0.15, 0.2) is 0 Å². The summed E-state index contributed by atoms with van der Waals surface area (Å²) >= 11 is 0. The molecular weight excluding hydrogens is 455 g/mol. The quantitative estimate of drug-likeness (QED) is 0.687. The van der Waals surface area contributed by atoms with Crippen LogP contribution >= 0.6 is 0 Å². The summed E-state index contributed by atoms with van der Waals surface area (Å²) in [6.07, 6.45) is -3.34. The van der Waals surface area contributed by atoms with Gasteiger partial charge in [-0.15, -0.1) is 0 Å². The molecule has 1 atom stereocenters. The first kappa shape index (κ1) is 23.7. The highest BCUT2D eigenvalue weighted by Gasteiger charge is 2.39. The highest BCUT2D eigenvalue weighted by atomic mass is 32.2. The Labute approximate surface area is 191 Å². The van der Waals surface area contributed by atoms with Crippen molar-refractivity contribution in [2.24, 2.45) is 5.92 Å². The molecule has 0 aromatic heterocycles. The predicted molar refractivity (Wildman–Crippen MR) is 118 cm³/mol.